The van der Waals surface area contributed by atoms with Gasteiger partial charge in [-0.25, -0.2) is 4.98 Å². The number of benzene rings is 2. The van der Waals surface area contributed by atoms with Crippen molar-refractivity contribution >= 4 is 38.8 Å². The summed E-state index contributed by atoms with van der Waals surface area (Å²) >= 11 is 4.93. The van der Waals surface area contributed by atoms with Gasteiger partial charge in [0.2, 0.25) is 0 Å². The number of oxazole rings is 1. The molecule has 3 rings (SSSR count). The molecule has 0 aliphatic heterocycles. The van der Waals surface area contributed by atoms with E-state index in [0.717, 1.165) is 26.0 Å². The summed E-state index contributed by atoms with van der Waals surface area (Å²) < 4.78 is 6.56. The topological polar surface area (TPSA) is 46.3 Å². The van der Waals surface area contributed by atoms with Crippen LogP contribution in [0.5, 0.6) is 0 Å². The number of fused-ring (bicyclic) bond motifs is 1. The van der Waals surface area contributed by atoms with Crippen molar-refractivity contribution in [3.05, 3.63) is 52.5 Å². The molecular weight excluding hydrogens is 338 g/mol. The molecule has 1 aromatic heterocycles. The molecule has 20 heavy (non-hydrogen) atoms. The summed E-state index contributed by atoms with van der Waals surface area (Å²) in [6.45, 7) is 1.74. The molecule has 102 valence electrons. The second-order valence-electron chi connectivity index (χ2n) is 4.41. The van der Waals surface area contributed by atoms with Crippen molar-refractivity contribution in [3.63, 3.8) is 0 Å². The fourth-order valence-corrected chi connectivity index (χ4v) is 3.56. The predicted molar refractivity (Wildman–Crippen MR) is 82.9 cm³/mol. The minimum Gasteiger partial charge on any atom is -0.431 e. The third kappa shape index (κ3) is 2.75. The van der Waals surface area contributed by atoms with Gasteiger partial charge in [-0.1, -0.05) is 34.1 Å². The second-order valence-corrected chi connectivity index (χ2v) is 6.29. The molecule has 0 radical (unpaired) electrons. The Bertz CT molecular complexity index is 721. The number of halogens is 1. The van der Waals surface area contributed by atoms with Gasteiger partial charge in [0.25, 0.3) is 5.22 Å². The Balaban J connectivity index is 1.89. The van der Waals surface area contributed by atoms with Crippen LogP contribution in [-0.2, 0) is 0 Å². The van der Waals surface area contributed by atoms with Crippen LogP contribution >= 0.6 is 27.7 Å². The number of hydrogen-bond acceptors (Lipinski definition) is 4. The van der Waals surface area contributed by atoms with Gasteiger partial charge in [-0.15, -0.1) is 0 Å². The number of nitrogens with zero attached hydrogens (tertiary/aromatic N) is 1. The number of aliphatic hydroxyl groups excluding tert-OH is 1. The molecular formula is C15H12BrNO2S. The van der Waals surface area contributed by atoms with E-state index in [0.29, 0.717) is 5.22 Å². The molecule has 0 aliphatic carbocycles. The standard InChI is InChI=1S/C15H12BrNO2S/c1-9(18)11-7-6-10(8-12(11)16)20-15-17-13-4-2-3-5-14(13)19-15/h2-9,18H,1H3/t9-/m1/s1. The maximum absolute atomic E-state index is 9.61. The van der Waals surface area contributed by atoms with E-state index in [2.05, 4.69) is 20.9 Å². The van der Waals surface area contributed by atoms with Gasteiger partial charge in [-0.3, -0.25) is 0 Å². The highest BCUT2D eigenvalue weighted by Gasteiger charge is 2.10. The molecule has 0 saturated carbocycles. The van der Waals surface area contributed by atoms with Crippen LogP contribution in [0.25, 0.3) is 11.1 Å². The number of aliphatic hydroxyl groups is 1. The highest BCUT2D eigenvalue weighted by Crippen LogP contribution is 2.33. The highest BCUT2D eigenvalue weighted by atomic mass is 79.9. The zero-order valence-electron chi connectivity index (χ0n) is 10.7. The molecule has 0 aliphatic rings. The monoisotopic (exact) mass is 349 g/mol. The maximum atomic E-state index is 9.61. The van der Waals surface area contributed by atoms with E-state index in [1.54, 1.807) is 6.92 Å². The first-order valence-corrected chi connectivity index (χ1v) is 7.75. The van der Waals surface area contributed by atoms with Crippen LogP contribution in [0, 0.1) is 0 Å². The quantitative estimate of drug-likeness (QED) is 0.737. The van der Waals surface area contributed by atoms with Crippen molar-refractivity contribution < 1.29 is 9.52 Å². The minimum atomic E-state index is -0.493. The minimum absolute atomic E-state index is 0.493. The SMILES string of the molecule is C[C@@H](O)c1ccc(Sc2nc3ccccc3o2)cc1Br. The molecule has 2 aromatic carbocycles. The largest absolute Gasteiger partial charge is 0.431 e. The lowest BCUT2D eigenvalue weighted by Crippen LogP contribution is -1.92. The van der Waals surface area contributed by atoms with Crippen molar-refractivity contribution in [1.82, 2.24) is 4.98 Å². The van der Waals surface area contributed by atoms with E-state index in [1.165, 1.54) is 11.8 Å². The number of hydrogen-bond donors (Lipinski definition) is 1. The molecule has 0 fully saturated rings. The lowest BCUT2D eigenvalue weighted by molar-refractivity contribution is 0.198. The van der Waals surface area contributed by atoms with Crippen molar-refractivity contribution in [2.45, 2.75) is 23.1 Å². The van der Waals surface area contributed by atoms with Crippen molar-refractivity contribution in [3.8, 4) is 0 Å². The average Bonchev–Trinajstić information content (AvgIpc) is 2.80. The fourth-order valence-electron chi connectivity index (χ4n) is 1.91. The maximum Gasteiger partial charge on any atom is 0.261 e. The highest BCUT2D eigenvalue weighted by molar-refractivity contribution is 9.10. The van der Waals surface area contributed by atoms with E-state index in [-0.39, 0.29) is 0 Å². The van der Waals surface area contributed by atoms with E-state index in [9.17, 15) is 5.11 Å². The lowest BCUT2D eigenvalue weighted by Gasteiger charge is -2.08. The van der Waals surface area contributed by atoms with Gasteiger partial charge in [0.05, 0.1) is 6.10 Å². The summed E-state index contributed by atoms with van der Waals surface area (Å²) in [5, 5.41) is 10.2. The number of aromatic nitrogens is 1. The van der Waals surface area contributed by atoms with E-state index in [1.807, 2.05) is 42.5 Å². The molecule has 1 heterocycles. The van der Waals surface area contributed by atoms with Gasteiger partial charge >= 0.3 is 0 Å². The Labute approximate surface area is 129 Å². The third-order valence-electron chi connectivity index (χ3n) is 2.90. The molecule has 3 nitrogen and oxygen atoms in total. The summed E-state index contributed by atoms with van der Waals surface area (Å²) in [6.07, 6.45) is -0.493. The predicted octanol–water partition coefficient (Wildman–Crippen LogP) is 4.79. The van der Waals surface area contributed by atoms with Gasteiger partial charge in [0, 0.05) is 9.37 Å². The Kier molecular flexibility index (Phi) is 3.83. The first-order chi connectivity index (χ1) is 9.63. The van der Waals surface area contributed by atoms with Crippen LogP contribution < -0.4 is 0 Å². The Morgan fingerprint density at radius 2 is 2.05 bits per heavy atom. The zero-order chi connectivity index (χ0) is 14.1. The molecule has 1 N–H and O–H groups in total. The van der Waals surface area contributed by atoms with Crippen LogP contribution in [0.2, 0.25) is 0 Å². The molecule has 5 heteroatoms. The average molecular weight is 350 g/mol. The Hall–Kier alpha value is -1.30. The van der Waals surface area contributed by atoms with Crippen molar-refractivity contribution in [2.75, 3.05) is 0 Å². The molecule has 3 aromatic rings. The molecule has 0 amide bonds. The van der Waals surface area contributed by atoms with Gasteiger partial charge in [-0.05, 0) is 48.5 Å². The van der Waals surface area contributed by atoms with E-state index >= 15 is 0 Å². The molecule has 0 saturated heterocycles. The van der Waals surface area contributed by atoms with Crippen molar-refractivity contribution in [2.24, 2.45) is 0 Å². The van der Waals surface area contributed by atoms with Gasteiger partial charge in [0.15, 0.2) is 5.58 Å². The smallest absolute Gasteiger partial charge is 0.261 e. The Morgan fingerprint density at radius 3 is 2.75 bits per heavy atom. The second kappa shape index (κ2) is 5.60. The third-order valence-corrected chi connectivity index (χ3v) is 4.43. The summed E-state index contributed by atoms with van der Waals surface area (Å²) in [4.78, 5) is 5.43. The molecule has 0 unspecified atom stereocenters. The summed E-state index contributed by atoms with van der Waals surface area (Å²) in [7, 11) is 0. The first-order valence-electron chi connectivity index (χ1n) is 6.14. The summed E-state index contributed by atoms with van der Waals surface area (Å²) in [5.74, 6) is 0. The molecule has 1 atom stereocenters. The Morgan fingerprint density at radius 1 is 1.25 bits per heavy atom. The van der Waals surface area contributed by atoms with Gasteiger partial charge in [-0.2, -0.15) is 0 Å². The van der Waals surface area contributed by atoms with E-state index < -0.39 is 6.10 Å². The lowest BCUT2D eigenvalue weighted by atomic mass is 10.1. The van der Waals surface area contributed by atoms with E-state index in [4.69, 9.17) is 4.42 Å². The summed E-state index contributed by atoms with van der Waals surface area (Å²) in [6, 6.07) is 13.5. The van der Waals surface area contributed by atoms with Crippen LogP contribution in [0.3, 0.4) is 0 Å². The van der Waals surface area contributed by atoms with Crippen molar-refractivity contribution in [1.29, 1.82) is 0 Å². The summed E-state index contributed by atoms with van der Waals surface area (Å²) in [5.41, 5.74) is 2.51. The zero-order valence-corrected chi connectivity index (χ0v) is 13.1. The first kappa shape index (κ1) is 13.7. The van der Waals surface area contributed by atoms with Crippen LogP contribution in [0.1, 0.15) is 18.6 Å². The van der Waals surface area contributed by atoms with Crippen LogP contribution in [-0.4, -0.2) is 10.1 Å². The molecule has 0 bridgehead atoms. The number of rotatable bonds is 3. The molecule has 0 spiro atoms. The van der Waals surface area contributed by atoms with Crippen LogP contribution in [0.4, 0.5) is 0 Å². The fraction of sp³-hybridized carbons (Fsp3) is 0.133. The van der Waals surface area contributed by atoms with Crippen LogP contribution in [0.15, 0.2) is 61.5 Å². The number of para-hydroxylation sites is 2. The normalized spacial score (nSPS) is 12.8. The van der Waals surface area contributed by atoms with Gasteiger partial charge in [0.1, 0.15) is 5.52 Å². The van der Waals surface area contributed by atoms with Gasteiger partial charge < -0.3 is 9.52 Å².